The molecule has 13 nitrogen and oxygen atoms in total. The molecule has 0 spiro atoms. The number of nitrogens with two attached hydrogens (primary N) is 3. The van der Waals surface area contributed by atoms with Gasteiger partial charge in [0.15, 0.2) is 6.04 Å². The number of nitrogens with one attached hydrogen (secondary N) is 3. The first kappa shape index (κ1) is 27.2. The second-order valence-corrected chi connectivity index (χ2v) is 6.74. The Kier molecular flexibility index (Phi) is 12.9. The fourth-order valence-electron chi connectivity index (χ4n) is 2.49. The summed E-state index contributed by atoms with van der Waals surface area (Å²) < 4.78 is 0. The third-order valence-electron chi connectivity index (χ3n) is 4.14. The SMILES string of the molecule is CC(O)C(NC(=O)C(CCCCN)NC(=O)C(CCC(N)=O)NC(=O)CN)C(=O)O. The average molecular weight is 432 g/mol. The van der Waals surface area contributed by atoms with Gasteiger partial charge in [-0.1, -0.05) is 0 Å². The number of aliphatic carboxylic acids is 1. The summed E-state index contributed by atoms with van der Waals surface area (Å²) >= 11 is 0. The van der Waals surface area contributed by atoms with Gasteiger partial charge in [-0.25, -0.2) is 4.79 Å². The third-order valence-corrected chi connectivity index (χ3v) is 4.14. The van der Waals surface area contributed by atoms with Crippen molar-refractivity contribution in [1.29, 1.82) is 0 Å². The van der Waals surface area contributed by atoms with E-state index in [9.17, 15) is 29.1 Å². The van der Waals surface area contributed by atoms with Crippen LogP contribution in [0.5, 0.6) is 0 Å². The Balaban J connectivity index is 5.37. The lowest BCUT2D eigenvalue weighted by molar-refractivity contribution is -0.145. The molecule has 0 saturated heterocycles. The highest BCUT2D eigenvalue weighted by atomic mass is 16.4. The number of carboxylic acids is 1. The molecule has 0 saturated carbocycles. The van der Waals surface area contributed by atoms with Crippen molar-refractivity contribution in [2.75, 3.05) is 13.1 Å². The molecule has 0 fully saturated rings. The van der Waals surface area contributed by atoms with Gasteiger partial charge < -0.3 is 43.4 Å². The maximum absolute atomic E-state index is 12.6. The Morgan fingerprint density at radius 2 is 1.47 bits per heavy atom. The highest BCUT2D eigenvalue weighted by molar-refractivity contribution is 5.93. The first-order chi connectivity index (χ1) is 14.0. The molecule has 172 valence electrons. The van der Waals surface area contributed by atoms with Gasteiger partial charge in [0.1, 0.15) is 12.1 Å². The van der Waals surface area contributed by atoms with Crippen LogP contribution in [0, 0.1) is 0 Å². The summed E-state index contributed by atoms with van der Waals surface area (Å²) in [6, 6.07) is -3.91. The molecule has 4 unspecified atom stereocenters. The first-order valence-electron chi connectivity index (χ1n) is 9.52. The summed E-state index contributed by atoms with van der Waals surface area (Å²) in [4.78, 5) is 59.0. The lowest BCUT2D eigenvalue weighted by Crippen LogP contribution is -2.57. The molecule has 4 amide bonds. The van der Waals surface area contributed by atoms with Crippen LogP contribution >= 0.6 is 0 Å². The highest BCUT2D eigenvalue weighted by Gasteiger charge is 2.31. The van der Waals surface area contributed by atoms with E-state index < -0.39 is 60.4 Å². The normalized spacial score (nSPS) is 14.7. The predicted octanol–water partition coefficient (Wildman–Crippen LogP) is -3.74. The van der Waals surface area contributed by atoms with E-state index in [4.69, 9.17) is 22.3 Å². The van der Waals surface area contributed by atoms with Crippen molar-refractivity contribution in [3.8, 4) is 0 Å². The number of hydrogen-bond donors (Lipinski definition) is 8. The van der Waals surface area contributed by atoms with Gasteiger partial charge in [-0.15, -0.1) is 0 Å². The number of unbranched alkanes of at least 4 members (excludes halogenated alkanes) is 1. The zero-order valence-corrected chi connectivity index (χ0v) is 16.9. The molecule has 13 heteroatoms. The predicted molar refractivity (Wildman–Crippen MR) is 105 cm³/mol. The molecule has 0 aromatic carbocycles. The van der Waals surface area contributed by atoms with Gasteiger partial charge in [0.05, 0.1) is 12.6 Å². The van der Waals surface area contributed by atoms with Crippen LogP contribution in [0.1, 0.15) is 39.0 Å². The van der Waals surface area contributed by atoms with E-state index >= 15 is 0 Å². The number of aliphatic hydroxyl groups excluding tert-OH is 1. The second-order valence-electron chi connectivity index (χ2n) is 6.74. The molecular weight excluding hydrogens is 400 g/mol. The van der Waals surface area contributed by atoms with Crippen molar-refractivity contribution in [2.24, 2.45) is 17.2 Å². The minimum atomic E-state index is -1.57. The van der Waals surface area contributed by atoms with E-state index in [2.05, 4.69) is 16.0 Å². The number of carbonyl (C=O) groups is 5. The summed E-state index contributed by atoms with van der Waals surface area (Å²) in [6.45, 7) is 1.15. The lowest BCUT2D eigenvalue weighted by Gasteiger charge is -2.25. The molecular formula is C17H32N6O7. The van der Waals surface area contributed by atoms with Crippen LogP contribution in [0.2, 0.25) is 0 Å². The van der Waals surface area contributed by atoms with Gasteiger partial charge in [0.25, 0.3) is 0 Å². The standard InChI is InChI=1S/C17H32N6O7/c1-9(24)14(17(29)30)23-16(28)10(4-2-3-7-18)22-15(27)11(5-6-12(20)25)21-13(26)8-19/h9-11,14,24H,2-8,18-19H2,1H3,(H2,20,25)(H,21,26)(H,22,27)(H,23,28)(H,29,30). The number of primary amides is 1. The molecule has 0 aromatic rings. The molecule has 4 atom stereocenters. The maximum Gasteiger partial charge on any atom is 0.328 e. The quantitative estimate of drug-likeness (QED) is 0.118. The van der Waals surface area contributed by atoms with Crippen LogP contribution < -0.4 is 33.2 Å². The maximum atomic E-state index is 12.6. The Morgan fingerprint density at radius 1 is 0.900 bits per heavy atom. The number of carboxylic acid groups (broad SMARTS) is 1. The Labute approximate surface area is 174 Å². The van der Waals surface area contributed by atoms with Crippen molar-refractivity contribution in [3.63, 3.8) is 0 Å². The number of carbonyl (C=O) groups excluding carboxylic acids is 4. The molecule has 30 heavy (non-hydrogen) atoms. The molecule has 0 radical (unpaired) electrons. The molecule has 11 N–H and O–H groups in total. The third kappa shape index (κ3) is 10.7. The second kappa shape index (κ2) is 14.3. The van der Waals surface area contributed by atoms with E-state index in [1.54, 1.807) is 0 Å². The van der Waals surface area contributed by atoms with E-state index in [1.807, 2.05) is 0 Å². The zero-order chi connectivity index (χ0) is 23.3. The van der Waals surface area contributed by atoms with E-state index in [0.717, 1.165) is 0 Å². The number of amides is 4. The van der Waals surface area contributed by atoms with Gasteiger partial charge in [-0.2, -0.15) is 0 Å². The molecule has 0 heterocycles. The molecule has 0 bridgehead atoms. The molecule has 0 aromatic heterocycles. The zero-order valence-electron chi connectivity index (χ0n) is 16.9. The minimum absolute atomic E-state index is 0.116. The van der Waals surface area contributed by atoms with Crippen molar-refractivity contribution >= 4 is 29.6 Å². The number of aliphatic hydroxyl groups is 1. The summed E-state index contributed by atoms with van der Waals surface area (Å²) in [6.07, 6.45) is -0.561. The summed E-state index contributed by atoms with van der Waals surface area (Å²) in [5, 5.41) is 25.6. The summed E-state index contributed by atoms with van der Waals surface area (Å²) in [5.74, 6) is -4.38. The Morgan fingerprint density at radius 3 is 1.93 bits per heavy atom. The van der Waals surface area contributed by atoms with E-state index in [1.165, 1.54) is 6.92 Å². The molecule has 0 aliphatic carbocycles. The van der Waals surface area contributed by atoms with Crippen molar-refractivity contribution in [2.45, 2.75) is 63.3 Å². The van der Waals surface area contributed by atoms with Crippen molar-refractivity contribution in [3.05, 3.63) is 0 Å². The van der Waals surface area contributed by atoms with Gasteiger partial charge in [-0.05, 0) is 39.2 Å². The Bertz CT molecular complexity index is 613. The number of hydrogen-bond acceptors (Lipinski definition) is 8. The highest BCUT2D eigenvalue weighted by Crippen LogP contribution is 2.05. The smallest absolute Gasteiger partial charge is 0.328 e. The Hall–Kier alpha value is -2.77. The topological polar surface area (TPSA) is 240 Å². The van der Waals surface area contributed by atoms with Crippen molar-refractivity contribution in [1.82, 2.24) is 16.0 Å². The minimum Gasteiger partial charge on any atom is -0.480 e. The van der Waals surface area contributed by atoms with Crippen LogP contribution in [-0.2, 0) is 24.0 Å². The molecule has 0 aliphatic heterocycles. The van der Waals surface area contributed by atoms with Gasteiger partial charge >= 0.3 is 5.97 Å². The van der Waals surface area contributed by atoms with Crippen LogP contribution in [0.3, 0.4) is 0 Å². The molecule has 0 aliphatic rings. The monoisotopic (exact) mass is 432 g/mol. The first-order valence-corrected chi connectivity index (χ1v) is 9.52. The summed E-state index contributed by atoms with van der Waals surface area (Å²) in [5.41, 5.74) is 15.7. The molecule has 0 rings (SSSR count). The van der Waals surface area contributed by atoms with Gasteiger partial charge in [0, 0.05) is 6.42 Å². The van der Waals surface area contributed by atoms with Crippen LogP contribution in [-0.4, -0.2) is 77.1 Å². The van der Waals surface area contributed by atoms with Crippen molar-refractivity contribution < 1.29 is 34.2 Å². The van der Waals surface area contributed by atoms with E-state index in [-0.39, 0.29) is 19.3 Å². The van der Waals surface area contributed by atoms with Gasteiger partial charge in [-0.3, -0.25) is 19.2 Å². The van der Waals surface area contributed by atoms with Crippen LogP contribution in [0.25, 0.3) is 0 Å². The van der Waals surface area contributed by atoms with Crippen LogP contribution in [0.4, 0.5) is 0 Å². The fraction of sp³-hybridized carbons (Fsp3) is 0.706. The fourth-order valence-corrected chi connectivity index (χ4v) is 2.49. The van der Waals surface area contributed by atoms with Crippen LogP contribution in [0.15, 0.2) is 0 Å². The lowest BCUT2D eigenvalue weighted by atomic mass is 10.0. The number of rotatable bonds is 15. The van der Waals surface area contributed by atoms with Gasteiger partial charge in [0.2, 0.25) is 23.6 Å². The summed E-state index contributed by atoms with van der Waals surface area (Å²) in [7, 11) is 0. The van der Waals surface area contributed by atoms with E-state index in [0.29, 0.717) is 19.4 Å². The average Bonchev–Trinajstić information content (AvgIpc) is 2.67. The largest absolute Gasteiger partial charge is 0.480 e.